The molecule has 3 N–H and O–H groups in total. The van der Waals surface area contributed by atoms with Crippen molar-refractivity contribution < 1.29 is 14.6 Å². The van der Waals surface area contributed by atoms with Crippen molar-refractivity contribution in [3.63, 3.8) is 0 Å². The molecule has 1 amide bonds. The lowest BCUT2D eigenvalue weighted by atomic mass is 9.87. The Morgan fingerprint density at radius 1 is 1.24 bits per heavy atom. The number of carbonyl (C=O) groups excluding carboxylic acids is 1. The topological polar surface area (TPSA) is 96.4 Å². The number of hydrogen-bond acceptors (Lipinski definition) is 4. The average Bonchev–Trinajstić information content (AvgIpc) is 3.23. The van der Waals surface area contributed by atoms with Crippen LogP contribution in [0, 0.1) is 0 Å². The molecule has 0 saturated heterocycles. The van der Waals surface area contributed by atoms with Gasteiger partial charge in [0.05, 0.1) is 18.7 Å². The molecule has 1 aliphatic heterocycles. The average molecular weight is 343 g/mol. The first-order chi connectivity index (χ1) is 12.1. The van der Waals surface area contributed by atoms with Gasteiger partial charge >= 0.3 is 0 Å². The minimum Gasteiger partial charge on any atom is -0.504 e. The van der Waals surface area contributed by atoms with Gasteiger partial charge in [-0.1, -0.05) is 18.9 Å². The van der Waals surface area contributed by atoms with Crippen molar-refractivity contribution in [2.24, 2.45) is 0 Å². The summed E-state index contributed by atoms with van der Waals surface area (Å²) in [5, 5.41) is 15.6. The van der Waals surface area contributed by atoms with E-state index in [1.807, 2.05) is 4.68 Å². The van der Waals surface area contributed by atoms with Gasteiger partial charge in [-0.15, -0.1) is 0 Å². The zero-order valence-corrected chi connectivity index (χ0v) is 14.0. The van der Waals surface area contributed by atoms with Crippen LogP contribution >= 0.6 is 0 Å². The van der Waals surface area contributed by atoms with E-state index in [1.165, 1.54) is 13.2 Å². The number of nitrogens with one attached hydrogen (secondary N) is 2. The smallest absolute Gasteiger partial charge is 0.270 e. The molecular weight excluding hydrogens is 322 g/mol. The second-order valence-electron chi connectivity index (χ2n) is 6.75. The molecule has 7 nitrogen and oxygen atoms in total. The van der Waals surface area contributed by atoms with Gasteiger partial charge in [-0.05, 0) is 30.5 Å². The Bertz CT molecular complexity index is 877. The van der Waals surface area contributed by atoms with Crippen LogP contribution in [0.15, 0.2) is 23.0 Å². The highest BCUT2D eigenvalue weighted by Crippen LogP contribution is 2.40. The zero-order valence-electron chi connectivity index (χ0n) is 14.0. The number of carbonyl (C=O) groups is 1. The van der Waals surface area contributed by atoms with Gasteiger partial charge in [0.25, 0.3) is 5.56 Å². The van der Waals surface area contributed by atoms with Crippen molar-refractivity contribution in [2.45, 2.75) is 44.1 Å². The number of hydrogen-bond donors (Lipinski definition) is 3. The Hall–Kier alpha value is -2.70. The third-order valence-electron chi connectivity index (χ3n) is 5.25. The van der Waals surface area contributed by atoms with E-state index in [4.69, 9.17) is 4.74 Å². The standard InChI is InChI=1S/C18H21N3O4/c1-25-14-8-10(6-7-13(14)22)12-9-15(23)19-17-16(12)18(24)20-21(17)11-4-2-3-5-11/h6-8,11-12,22H,2-5,9H2,1H3,(H,19,23)(H,20,24)/t12-/m0/s1. The molecule has 1 fully saturated rings. The summed E-state index contributed by atoms with van der Waals surface area (Å²) >= 11 is 0. The molecular formula is C18H21N3O4. The molecule has 2 heterocycles. The van der Waals surface area contributed by atoms with Crippen LogP contribution in [0.4, 0.5) is 5.82 Å². The number of anilines is 1. The summed E-state index contributed by atoms with van der Waals surface area (Å²) in [7, 11) is 1.47. The molecule has 4 rings (SSSR count). The van der Waals surface area contributed by atoms with Gasteiger partial charge in [-0.3, -0.25) is 19.4 Å². The van der Waals surface area contributed by atoms with Gasteiger partial charge in [0.1, 0.15) is 5.82 Å². The van der Waals surface area contributed by atoms with Crippen LogP contribution in [0.3, 0.4) is 0 Å². The lowest BCUT2D eigenvalue weighted by Gasteiger charge is -2.25. The summed E-state index contributed by atoms with van der Waals surface area (Å²) in [6.07, 6.45) is 4.46. The number of ether oxygens (including phenoxy) is 1. The Balaban J connectivity index is 1.82. The highest BCUT2D eigenvalue weighted by atomic mass is 16.5. The van der Waals surface area contributed by atoms with E-state index >= 15 is 0 Å². The molecule has 1 aromatic carbocycles. The number of phenols is 1. The molecule has 132 valence electrons. The van der Waals surface area contributed by atoms with E-state index in [9.17, 15) is 14.7 Å². The van der Waals surface area contributed by atoms with Crippen LogP contribution in [-0.4, -0.2) is 27.9 Å². The maximum absolute atomic E-state index is 12.6. The van der Waals surface area contributed by atoms with E-state index in [0.29, 0.717) is 17.1 Å². The van der Waals surface area contributed by atoms with Crippen LogP contribution < -0.4 is 15.6 Å². The largest absolute Gasteiger partial charge is 0.504 e. The monoisotopic (exact) mass is 343 g/mol. The van der Waals surface area contributed by atoms with Crippen LogP contribution in [-0.2, 0) is 4.79 Å². The Kier molecular flexibility index (Phi) is 3.78. The lowest BCUT2D eigenvalue weighted by Crippen LogP contribution is -2.27. The van der Waals surface area contributed by atoms with E-state index in [1.54, 1.807) is 12.1 Å². The predicted octanol–water partition coefficient (Wildman–Crippen LogP) is 2.48. The molecule has 25 heavy (non-hydrogen) atoms. The van der Waals surface area contributed by atoms with E-state index in [2.05, 4.69) is 10.4 Å². The van der Waals surface area contributed by atoms with E-state index < -0.39 is 0 Å². The molecule has 1 atom stereocenters. The number of aromatic amines is 1. The first-order valence-corrected chi connectivity index (χ1v) is 8.59. The number of phenolic OH excluding ortho intramolecular Hbond substituents is 1. The molecule has 2 aromatic rings. The molecule has 1 aromatic heterocycles. The van der Waals surface area contributed by atoms with Gasteiger partial charge in [0, 0.05) is 12.3 Å². The van der Waals surface area contributed by atoms with Crippen LogP contribution in [0.1, 0.15) is 55.2 Å². The summed E-state index contributed by atoms with van der Waals surface area (Å²) in [5.74, 6) is 0.478. The van der Waals surface area contributed by atoms with Crippen molar-refractivity contribution in [3.05, 3.63) is 39.7 Å². The van der Waals surface area contributed by atoms with Gasteiger partial charge in [-0.25, -0.2) is 0 Å². The summed E-state index contributed by atoms with van der Waals surface area (Å²) in [6.45, 7) is 0. The number of nitrogens with zero attached hydrogens (tertiary/aromatic N) is 1. The Morgan fingerprint density at radius 2 is 2.00 bits per heavy atom. The fraction of sp³-hybridized carbons (Fsp3) is 0.444. The van der Waals surface area contributed by atoms with Gasteiger partial charge in [0.2, 0.25) is 5.91 Å². The number of rotatable bonds is 3. The second kappa shape index (κ2) is 5.98. The van der Waals surface area contributed by atoms with Crippen molar-refractivity contribution in [1.29, 1.82) is 0 Å². The first-order valence-electron chi connectivity index (χ1n) is 8.59. The number of amides is 1. The fourth-order valence-electron chi connectivity index (χ4n) is 4.02. The van der Waals surface area contributed by atoms with E-state index in [0.717, 1.165) is 31.2 Å². The maximum atomic E-state index is 12.6. The van der Waals surface area contributed by atoms with E-state index in [-0.39, 0.29) is 35.6 Å². The second-order valence-corrected chi connectivity index (χ2v) is 6.75. The van der Waals surface area contributed by atoms with Gasteiger partial charge in [0.15, 0.2) is 11.5 Å². The maximum Gasteiger partial charge on any atom is 0.270 e. The van der Waals surface area contributed by atoms with Crippen molar-refractivity contribution in [3.8, 4) is 11.5 Å². The van der Waals surface area contributed by atoms with Crippen molar-refractivity contribution >= 4 is 11.7 Å². The Morgan fingerprint density at radius 3 is 2.72 bits per heavy atom. The third-order valence-corrected chi connectivity index (χ3v) is 5.25. The number of aromatic nitrogens is 2. The number of aromatic hydroxyl groups is 1. The summed E-state index contributed by atoms with van der Waals surface area (Å²) in [4.78, 5) is 24.9. The fourth-order valence-corrected chi connectivity index (χ4v) is 4.02. The Labute approximate surface area is 144 Å². The molecule has 2 aliphatic rings. The predicted molar refractivity (Wildman–Crippen MR) is 92.3 cm³/mol. The van der Waals surface area contributed by atoms with Crippen molar-refractivity contribution in [2.75, 3.05) is 12.4 Å². The molecule has 1 aliphatic carbocycles. The minimum absolute atomic E-state index is 0.0316. The van der Waals surface area contributed by atoms with Gasteiger partial charge in [-0.2, -0.15) is 0 Å². The summed E-state index contributed by atoms with van der Waals surface area (Å²) < 4.78 is 7.01. The highest BCUT2D eigenvalue weighted by molar-refractivity contribution is 5.94. The number of benzene rings is 1. The normalized spacial score (nSPS) is 20.4. The SMILES string of the molecule is COc1cc([C@@H]2CC(=O)Nc3c2c(=O)[nH]n3C2CCCC2)ccc1O. The van der Waals surface area contributed by atoms with Crippen LogP contribution in [0.25, 0.3) is 0 Å². The lowest BCUT2D eigenvalue weighted by molar-refractivity contribution is -0.116. The number of methoxy groups -OCH3 is 1. The summed E-state index contributed by atoms with van der Waals surface area (Å²) in [5.41, 5.74) is 1.19. The quantitative estimate of drug-likeness (QED) is 0.798. The molecule has 7 heteroatoms. The highest BCUT2D eigenvalue weighted by Gasteiger charge is 2.34. The van der Waals surface area contributed by atoms with Crippen molar-refractivity contribution in [1.82, 2.24) is 9.78 Å². The molecule has 0 unspecified atom stereocenters. The zero-order chi connectivity index (χ0) is 17.6. The molecule has 0 bridgehead atoms. The van der Waals surface area contributed by atoms with Crippen LogP contribution in [0.5, 0.6) is 11.5 Å². The molecule has 0 radical (unpaired) electrons. The summed E-state index contributed by atoms with van der Waals surface area (Å²) in [6, 6.07) is 5.18. The molecule has 1 saturated carbocycles. The van der Waals surface area contributed by atoms with Gasteiger partial charge < -0.3 is 15.2 Å². The number of fused-ring (bicyclic) bond motifs is 1. The first kappa shape index (κ1) is 15.8. The number of H-pyrrole nitrogens is 1. The van der Waals surface area contributed by atoms with Crippen LogP contribution in [0.2, 0.25) is 0 Å². The third kappa shape index (κ3) is 2.59. The minimum atomic E-state index is -0.357. The molecule has 0 spiro atoms.